The Balaban J connectivity index is 1.14. The van der Waals surface area contributed by atoms with Gasteiger partial charge in [-0.1, -0.05) is 158 Å². The van der Waals surface area contributed by atoms with Crippen molar-refractivity contribution in [2.45, 2.75) is 0 Å². The number of nitrogens with zero attached hydrogens (tertiary/aromatic N) is 4. The third-order valence-electron chi connectivity index (χ3n) is 10.7. The summed E-state index contributed by atoms with van der Waals surface area (Å²) in [6.45, 7) is 0. The van der Waals surface area contributed by atoms with Crippen LogP contribution in [0.4, 0.5) is 0 Å². The largest absolute Gasteiger partial charge is 0.455 e. The molecule has 0 saturated carbocycles. The molecule has 3 aromatic heterocycles. The zero-order valence-electron chi connectivity index (χ0n) is 30.2. The van der Waals surface area contributed by atoms with Crippen molar-refractivity contribution >= 4 is 43.7 Å². The molecule has 3 heterocycles. The maximum absolute atomic E-state index is 6.87. The number of para-hydroxylation sites is 1. The third-order valence-corrected chi connectivity index (χ3v) is 10.7. The molecule has 11 rings (SSSR count). The smallest absolute Gasteiger partial charge is 0.238 e. The van der Waals surface area contributed by atoms with Gasteiger partial charge >= 0.3 is 0 Å². The van der Waals surface area contributed by atoms with E-state index in [0.717, 1.165) is 82.7 Å². The van der Waals surface area contributed by atoms with Crippen molar-refractivity contribution in [3.05, 3.63) is 194 Å². The maximum atomic E-state index is 6.87. The van der Waals surface area contributed by atoms with Crippen LogP contribution < -0.4 is 0 Å². The highest BCUT2D eigenvalue weighted by Crippen LogP contribution is 2.43. The standard InChI is InChI=1S/C51H32N4O/c1-5-15-33(16-6-1)37-26-30-45-43(31-37)41-23-13-14-24-44(41)55(45)51-53-49(36-21-11-4-12-22-36)52-50(54-51)38-25-27-42-46(32-38)56-48-40(35-19-9-3-10-20-35)29-28-39(47(42)48)34-17-7-2-8-18-34/h1-32H. The molecule has 0 aliphatic rings. The molecule has 8 aromatic carbocycles. The van der Waals surface area contributed by atoms with E-state index in [0.29, 0.717) is 17.6 Å². The van der Waals surface area contributed by atoms with Crippen molar-refractivity contribution in [3.8, 4) is 62.1 Å². The fourth-order valence-corrected chi connectivity index (χ4v) is 8.03. The first-order chi connectivity index (χ1) is 27.8. The number of hydrogen-bond donors (Lipinski definition) is 0. The Morgan fingerprint density at radius 3 is 1.62 bits per heavy atom. The molecular formula is C51H32N4O. The molecule has 0 atom stereocenters. The van der Waals surface area contributed by atoms with Gasteiger partial charge in [0, 0.05) is 38.2 Å². The van der Waals surface area contributed by atoms with E-state index in [1.807, 2.05) is 48.5 Å². The fraction of sp³-hybridized carbons (Fsp3) is 0. The molecule has 0 radical (unpaired) electrons. The summed E-state index contributed by atoms with van der Waals surface area (Å²) < 4.78 is 9.03. The Kier molecular flexibility index (Phi) is 7.42. The topological polar surface area (TPSA) is 56.7 Å². The van der Waals surface area contributed by atoms with Gasteiger partial charge < -0.3 is 4.42 Å². The van der Waals surface area contributed by atoms with Gasteiger partial charge in [0.25, 0.3) is 0 Å². The van der Waals surface area contributed by atoms with E-state index in [4.69, 9.17) is 19.4 Å². The number of aromatic nitrogens is 4. The first-order valence-corrected chi connectivity index (χ1v) is 18.8. The van der Waals surface area contributed by atoms with E-state index in [1.165, 1.54) is 5.56 Å². The predicted octanol–water partition coefficient (Wildman–Crippen LogP) is 13.2. The molecule has 0 fully saturated rings. The molecule has 0 N–H and O–H groups in total. The van der Waals surface area contributed by atoms with E-state index < -0.39 is 0 Å². The van der Waals surface area contributed by atoms with Crippen LogP contribution in [0.2, 0.25) is 0 Å². The van der Waals surface area contributed by atoms with Crippen molar-refractivity contribution < 1.29 is 4.42 Å². The Morgan fingerprint density at radius 2 is 0.911 bits per heavy atom. The summed E-state index contributed by atoms with van der Waals surface area (Å²) in [6.07, 6.45) is 0. The number of rotatable bonds is 6. The minimum absolute atomic E-state index is 0.551. The summed E-state index contributed by atoms with van der Waals surface area (Å²) in [5.41, 5.74) is 12.2. The van der Waals surface area contributed by atoms with Gasteiger partial charge in [0.1, 0.15) is 11.2 Å². The van der Waals surface area contributed by atoms with Crippen LogP contribution in [0.3, 0.4) is 0 Å². The zero-order chi connectivity index (χ0) is 37.0. The van der Waals surface area contributed by atoms with Crippen LogP contribution >= 0.6 is 0 Å². The lowest BCUT2D eigenvalue weighted by Crippen LogP contribution is -2.06. The molecule has 5 nitrogen and oxygen atoms in total. The number of furan rings is 1. The molecule has 262 valence electrons. The lowest BCUT2D eigenvalue weighted by molar-refractivity contribution is 0.670. The van der Waals surface area contributed by atoms with Crippen LogP contribution in [0.1, 0.15) is 0 Å². The number of fused-ring (bicyclic) bond motifs is 6. The van der Waals surface area contributed by atoms with Crippen LogP contribution in [0, 0.1) is 0 Å². The van der Waals surface area contributed by atoms with Gasteiger partial charge in [-0.05, 0) is 64.2 Å². The summed E-state index contributed by atoms with van der Waals surface area (Å²) in [5.74, 6) is 1.71. The van der Waals surface area contributed by atoms with E-state index in [-0.39, 0.29) is 0 Å². The van der Waals surface area contributed by atoms with Crippen LogP contribution in [0.15, 0.2) is 199 Å². The lowest BCUT2D eigenvalue weighted by atomic mass is 9.94. The lowest BCUT2D eigenvalue weighted by Gasteiger charge is -2.11. The van der Waals surface area contributed by atoms with Gasteiger partial charge in [0.05, 0.1) is 11.0 Å². The summed E-state index contributed by atoms with van der Waals surface area (Å²) >= 11 is 0. The number of benzene rings is 8. The monoisotopic (exact) mass is 716 g/mol. The normalized spacial score (nSPS) is 11.6. The first kappa shape index (κ1) is 31.9. The van der Waals surface area contributed by atoms with E-state index in [1.54, 1.807) is 0 Å². The maximum Gasteiger partial charge on any atom is 0.238 e. The van der Waals surface area contributed by atoms with E-state index in [9.17, 15) is 0 Å². The highest BCUT2D eigenvalue weighted by molar-refractivity contribution is 6.17. The van der Waals surface area contributed by atoms with Crippen molar-refractivity contribution in [3.63, 3.8) is 0 Å². The van der Waals surface area contributed by atoms with Crippen LogP contribution in [-0.2, 0) is 0 Å². The second kappa shape index (κ2) is 13.0. The second-order valence-electron chi connectivity index (χ2n) is 14.0. The first-order valence-electron chi connectivity index (χ1n) is 18.8. The predicted molar refractivity (Wildman–Crippen MR) is 229 cm³/mol. The summed E-state index contributed by atoms with van der Waals surface area (Å²) in [6, 6.07) is 67.3. The minimum Gasteiger partial charge on any atom is -0.455 e. The van der Waals surface area contributed by atoms with Gasteiger partial charge in [-0.3, -0.25) is 4.57 Å². The SMILES string of the molecule is c1ccc(-c2ccc3c(c2)c2ccccc2n3-c2nc(-c3ccccc3)nc(-c3ccc4c(c3)oc3c(-c5ccccc5)ccc(-c5ccccc5)c34)n2)cc1. The summed E-state index contributed by atoms with van der Waals surface area (Å²) in [7, 11) is 0. The van der Waals surface area contributed by atoms with Crippen molar-refractivity contribution in [2.75, 3.05) is 0 Å². The Labute approximate surface area is 322 Å². The molecule has 0 bridgehead atoms. The molecule has 11 aromatic rings. The Morgan fingerprint density at radius 1 is 0.357 bits per heavy atom. The second-order valence-corrected chi connectivity index (χ2v) is 14.0. The van der Waals surface area contributed by atoms with Gasteiger partial charge in [0.2, 0.25) is 5.95 Å². The average Bonchev–Trinajstić information content (AvgIpc) is 3.83. The van der Waals surface area contributed by atoms with Crippen molar-refractivity contribution in [1.29, 1.82) is 0 Å². The third kappa shape index (κ3) is 5.29. The molecule has 0 amide bonds. The van der Waals surface area contributed by atoms with Crippen molar-refractivity contribution in [1.82, 2.24) is 19.5 Å². The Bertz CT molecular complexity index is 3230. The highest BCUT2D eigenvalue weighted by atomic mass is 16.3. The molecular weight excluding hydrogens is 685 g/mol. The fourth-order valence-electron chi connectivity index (χ4n) is 8.03. The molecule has 0 saturated heterocycles. The van der Waals surface area contributed by atoms with Crippen LogP contribution in [0.5, 0.6) is 0 Å². The van der Waals surface area contributed by atoms with E-state index >= 15 is 0 Å². The minimum atomic E-state index is 0.551. The van der Waals surface area contributed by atoms with Crippen LogP contribution in [-0.4, -0.2) is 19.5 Å². The molecule has 0 spiro atoms. The summed E-state index contributed by atoms with van der Waals surface area (Å²) in [4.78, 5) is 15.5. The molecule has 0 aliphatic heterocycles. The quantitative estimate of drug-likeness (QED) is 0.172. The van der Waals surface area contributed by atoms with Gasteiger partial charge in [-0.2, -0.15) is 9.97 Å². The average molecular weight is 717 g/mol. The zero-order valence-corrected chi connectivity index (χ0v) is 30.2. The number of hydrogen-bond acceptors (Lipinski definition) is 4. The van der Waals surface area contributed by atoms with Crippen LogP contribution in [0.25, 0.3) is 106 Å². The van der Waals surface area contributed by atoms with E-state index in [2.05, 4.69) is 150 Å². The molecule has 56 heavy (non-hydrogen) atoms. The summed E-state index contributed by atoms with van der Waals surface area (Å²) in [5, 5.41) is 4.39. The van der Waals surface area contributed by atoms with Gasteiger partial charge in [0.15, 0.2) is 11.6 Å². The van der Waals surface area contributed by atoms with Gasteiger partial charge in [-0.15, -0.1) is 0 Å². The highest BCUT2D eigenvalue weighted by Gasteiger charge is 2.21. The van der Waals surface area contributed by atoms with Crippen molar-refractivity contribution in [2.24, 2.45) is 0 Å². The molecule has 0 unspecified atom stereocenters. The molecule has 5 heteroatoms. The van der Waals surface area contributed by atoms with Gasteiger partial charge in [-0.25, -0.2) is 4.98 Å². The Hall–Kier alpha value is -7.63. The molecule has 0 aliphatic carbocycles.